The predicted molar refractivity (Wildman–Crippen MR) is 69.7 cm³/mol. The Labute approximate surface area is 113 Å². The Kier molecular flexibility index (Phi) is 5.32. The fourth-order valence-electron chi connectivity index (χ4n) is 2.29. The van der Waals surface area contributed by atoms with E-state index in [1.807, 2.05) is 13.8 Å². The standard InChI is InChI=1S/C13H22N2O4/c1-13(2)8-5-9-15(13)12(19)14-10(16)6-3-4-7-11(17)18/h3-9H2,1-2H3,(H,17,18)(H,14,16,19). The van der Waals surface area contributed by atoms with Crippen LogP contribution in [0.25, 0.3) is 0 Å². The van der Waals surface area contributed by atoms with Crippen LogP contribution in [0.4, 0.5) is 4.79 Å². The highest BCUT2D eigenvalue weighted by Gasteiger charge is 2.35. The van der Waals surface area contributed by atoms with Gasteiger partial charge in [0.15, 0.2) is 0 Å². The zero-order valence-electron chi connectivity index (χ0n) is 11.6. The van der Waals surface area contributed by atoms with Gasteiger partial charge in [-0.1, -0.05) is 0 Å². The number of amides is 3. The van der Waals surface area contributed by atoms with Gasteiger partial charge in [-0.25, -0.2) is 4.79 Å². The summed E-state index contributed by atoms with van der Waals surface area (Å²) in [4.78, 5) is 35.5. The van der Waals surface area contributed by atoms with E-state index in [4.69, 9.17) is 5.11 Å². The number of hydrogen-bond donors (Lipinski definition) is 2. The molecule has 108 valence electrons. The summed E-state index contributed by atoms with van der Waals surface area (Å²) in [5.74, 6) is -1.20. The van der Waals surface area contributed by atoms with Crippen LogP contribution in [0.1, 0.15) is 52.4 Å². The average molecular weight is 270 g/mol. The number of unbranched alkanes of at least 4 members (excludes halogenated alkanes) is 1. The van der Waals surface area contributed by atoms with Crippen LogP contribution in [0, 0.1) is 0 Å². The highest BCUT2D eigenvalue weighted by molar-refractivity contribution is 5.94. The van der Waals surface area contributed by atoms with Crippen LogP contribution in [0.5, 0.6) is 0 Å². The van der Waals surface area contributed by atoms with Crippen LogP contribution in [-0.2, 0) is 9.59 Å². The van der Waals surface area contributed by atoms with Gasteiger partial charge in [0.05, 0.1) is 0 Å². The third kappa shape index (κ3) is 4.89. The summed E-state index contributed by atoms with van der Waals surface area (Å²) >= 11 is 0. The van der Waals surface area contributed by atoms with Crippen LogP contribution in [-0.4, -0.2) is 40.0 Å². The molecule has 1 rings (SSSR count). The van der Waals surface area contributed by atoms with Crippen LogP contribution >= 0.6 is 0 Å². The van der Waals surface area contributed by atoms with E-state index in [1.54, 1.807) is 4.90 Å². The Bertz CT molecular complexity index is 366. The summed E-state index contributed by atoms with van der Waals surface area (Å²) in [7, 11) is 0. The number of aliphatic carboxylic acids is 1. The second kappa shape index (κ2) is 6.54. The van der Waals surface area contributed by atoms with Gasteiger partial charge in [-0.15, -0.1) is 0 Å². The maximum Gasteiger partial charge on any atom is 0.324 e. The van der Waals surface area contributed by atoms with Crippen molar-refractivity contribution in [1.82, 2.24) is 10.2 Å². The van der Waals surface area contributed by atoms with Crippen LogP contribution in [0.3, 0.4) is 0 Å². The summed E-state index contributed by atoms with van der Waals surface area (Å²) in [6.07, 6.45) is 3.06. The average Bonchev–Trinajstić information content (AvgIpc) is 2.64. The van der Waals surface area contributed by atoms with Gasteiger partial charge < -0.3 is 10.0 Å². The molecule has 2 N–H and O–H groups in total. The smallest absolute Gasteiger partial charge is 0.324 e. The first kappa shape index (κ1) is 15.5. The minimum Gasteiger partial charge on any atom is -0.481 e. The second-order valence-corrected chi connectivity index (χ2v) is 5.52. The number of carbonyl (C=O) groups excluding carboxylic acids is 2. The topological polar surface area (TPSA) is 86.7 Å². The van der Waals surface area contributed by atoms with Crippen LogP contribution in [0.2, 0.25) is 0 Å². The number of hydrogen-bond acceptors (Lipinski definition) is 3. The number of urea groups is 1. The number of likely N-dealkylation sites (tertiary alicyclic amines) is 1. The Morgan fingerprint density at radius 3 is 2.37 bits per heavy atom. The third-order valence-electron chi connectivity index (χ3n) is 3.44. The van der Waals surface area contributed by atoms with Gasteiger partial charge in [-0.05, 0) is 39.5 Å². The fraction of sp³-hybridized carbons (Fsp3) is 0.769. The number of imide groups is 1. The zero-order valence-corrected chi connectivity index (χ0v) is 11.6. The van der Waals surface area contributed by atoms with E-state index < -0.39 is 5.97 Å². The lowest BCUT2D eigenvalue weighted by Gasteiger charge is -2.31. The molecule has 1 saturated heterocycles. The first-order chi connectivity index (χ1) is 8.83. The van der Waals surface area contributed by atoms with Crippen molar-refractivity contribution in [1.29, 1.82) is 0 Å². The summed E-state index contributed by atoms with van der Waals surface area (Å²) in [5.41, 5.74) is -0.201. The lowest BCUT2D eigenvalue weighted by Crippen LogP contribution is -2.49. The van der Waals surface area contributed by atoms with Crippen molar-refractivity contribution in [2.75, 3.05) is 6.54 Å². The van der Waals surface area contributed by atoms with E-state index in [9.17, 15) is 14.4 Å². The van der Waals surface area contributed by atoms with Gasteiger partial charge in [0.1, 0.15) is 0 Å². The second-order valence-electron chi connectivity index (χ2n) is 5.52. The predicted octanol–water partition coefficient (Wildman–Crippen LogP) is 1.74. The van der Waals surface area contributed by atoms with Crippen molar-refractivity contribution in [2.24, 2.45) is 0 Å². The van der Waals surface area contributed by atoms with Crippen molar-refractivity contribution in [3.8, 4) is 0 Å². The monoisotopic (exact) mass is 270 g/mol. The highest BCUT2D eigenvalue weighted by atomic mass is 16.4. The normalized spacial score (nSPS) is 17.3. The number of nitrogens with zero attached hydrogens (tertiary/aromatic N) is 1. The maximum absolute atomic E-state index is 11.9. The molecule has 6 nitrogen and oxygen atoms in total. The number of carbonyl (C=O) groups is 3. The summed E-state index contributed by atoms with van der Waals surface area (Å²) in [6.45, 7) is 4.64. The van der Waals surface area contributed by atoms with Gasteiger partial charge in [0.2, 0.25) is 5.91 Å². The maximum atomic E-state index is 11.9. The number of carboxylic acids is 1. The molecule has 1 aliphatic rings. The quantitative estimate of drug-likeness (QED) is 0.745. The molecule has 3 amide bonds. The van der Waals surface area contributed by atoms with Crippen molar-refractivity contribution in [3.05, 3.63) is 0 Å². The van der Waals surface area contributed by atoms with E-state index in [0.717, 1.165) is 12.8 Å². The van der Waals surface area contributed by atoms with Crippen molar-refractivity contribution >= 4 is 17.9 Å². The summed E-state index contributed by atoms with van der Waals surface area (Å²) in [6, 6.07) is -0.342. The van der Waals surface area contributed by atoms with E-state index in [0.29, 0.717) is 19.4 Å². The molecule has 0 aromatic rings. The van der Waals surface area contributed by atoms with Gasteiger partial charge in [0, 0.05) is 24.9 Å². The number of nitrogens with one attached hydrogen (secondary N) is 1. The Hall–Kier alpha value is -1.59. The molecule has 0 aromatic carbocycles. The molecule has 0 aliphatic carbocycles. The molecular weight excluding hydrogens is 248 g/mol. The first-order valence-corrected chi connectivity index (χ1v) is 6.66. The third-order valence-corrected chi connectivity index (χ3v) is 3.44. The molecule has 19 heavy (non-hydrogen) atoms. The lowest BCUT2D eigenvalue weighted by molar-refractivity contribution is -0.137. The molecule has 0 radical (unpaired) electrons. The molecular formula is C13H22N2O4. The minimum atomic E-state index is -0.865. The molecule has 0 unspecified atom stereocenters. The van der Waals surface area contributed by atoms with Crippen molar-refractivity contribution in [2.45, 2.75) is 57.9 Å². The van der Waals surface area contributed by atoms with Crippen molar-refractivity contribution in [3.63, 3.8) is 0 Å². The van der Waals surface area contributed by atoms with Gasteiger partial charge >= 0.3 is 12.0 Å². The molecule has 1 heterocycles. The fourth-order valence-corrected chi connectivity index (χ4v) is 2.29. The zero-order chi connectivity index (χ0) is 14.5. The molecule has 1 aliphatic heterocycles. The Balaban J connectivity index is 2.28. The molecule has 0 bridgehead atoms. The molecule has 0 atom stereocenters. The summed E-state index contributed by atoms with van der Waals surface area (Å²) in [5, 5.41) is 10.8. The van der Waals surface area contributed by atoms with Crippen LogP contribution < -0.4 is 5.32 Å². The molecule has 0 saturated carbocycles. The SMILES string of the molecule is CC1(C)CCCN1C(=O)NC(=O)CCCCC(=O)O. The summed E-state index contributed by atoms with van der Waals surface area (Å²) < 4.78 is 0. The molecule has 6 heteroatoms. The van der Waals surface area contributed by atoms with E-state index in [1.165, 1.54) is 0 Å². The van der Waals surface area contributed by atoms with Gasteiger partial charge in [0.25, 0.3) is 0 Å². The largest absolute Gasteiger partial charge is 0.481 e. The molecule has 1 fully saturated rings. The van der Waals surface area contributed by atoms with E-state index in [-0.39, 0.29) is 30.3 Å². The van der Waals surface area contributed by atoms with Crippen molar-refractivity contribution < 1.29 is 19.5 Å². The molecule has 0 aromatic heterocycles. The van der Waals surface area contributed by atoms with E-state index >= 15 is 0 Å². The Morgan fingerprint density at radius 1 is 1.21 bits per heavy atom. The highest BCUT2D eigenvalue weighted by Crippen LogP contribution is 2.27. The lowest BCUT2D eigenvalue weighted by atomic mass is 10.0. The van der Waals surface area contributed by atoms with Gasteiger partial charge in [-0.3, -0.25) is 14.9 Å². The number of carboxylic acid groups (broad SMARTS) is 1. The van der Waals surface area contributed by atoms with Gasteiger partial charge in [-0.2, -0.15) is 0 Å². The first-order valence-electron chi connectivity index (χ1n) is 6.66. The Morgan fingerprint density at radius 2 is 1.84 bits per heavy atom. The molecule has 0 spiro atoms. The van der Waals surface area contributed by atoms with E-state index in [2.05, 4.69) is 5.32 Å². The minimum absolute atomic E-state index is 0.0559. The van der Waals surface area contributed by atoms with Crippen LogP contribution in [0.15, 0.2) is 0 Å². The number of rotatable bonds is 5.